The molecule has 1 aromatic rings. The molecule has 0 atom stereocenters. The predicted octanol–water partition coefficient (Wildman–Crippen LogP) is 2.69. The summed E-state index contributed by atoms with van der Waals surface area (Å²) in [6.07, 6.45) is 5.50. The van der Waals surface area contributed by atoms with Crippen LogP contribution in [0.1, 0.15) is 22.5 Å². The number of hydrogen-bond donors (Lipinski definition) is 0. The van der Waals surface area contributed by atoms with Crippen molar-refractivity contribution in [2.45, 2.75) is 6.92 Å². The van der Waals surface area contributed by atoms with Crippen LogP contribution >= 0.6 is 11.3 Å². The molecule has 0 saturated heterocycles. The van der Waals surface area contributed by atoms with Gasteiger partial charge in [0.25, 0.3) is 0 Å². The quantitative estimate of drug-likeness (QED) is 0.694. The molecule has 0 unspecified atom stereocenters. The van der Waals surface area contributed by atoms with E-state index in [-0.39, 0.29) is 0 Å². The minimum Gasteiger partial charge on any atom is -0.226 e. The Balaban J connectivity index is 3.18. The third-order valence-electron chi connectivity index (χ3n) is 1.29. The van der Waals surface area contributed by atoms with Crippen molar-refractivity contribution in [3.63, 3.8) is 0 Å². The third kappa shape index (κ3) is 1.60. The Morgan fingerprint density at radius 2 is 2.42 bits per heavy atom. The predicted molar refractivity (Wildman–Crippen MR) is 51.6 cm³/mol. The van der Waals surface area contributed by atoms with Crippen LogP contribution in [0.25, 0.3) is 12.2 Å². The first-order chi connectivity index (χ1) is 5.81. The van der Waals surface area contributed by atoms with Crippen molar-refractivity contribution in [1.82, 2.24) is 4.98 Å². The molecule has 1 heterocycles. The van der Waals surface area contributed by atoms with Gasteiger partial charge in [-0.3, -0.25) is 0 Å². The second kappa shape index (κ2) is 3.84. The fourth-order valence-electron chi connectivity index (χ4n) is 0.809. The third-order valence-corrected chi connectivity index (χ3v) is 2.23. The highest BCUT2D eigenvalue weighted by Crippen LogP contribution is 2.20. The largest absolute Gasteiger partial charge is 0.226 e. The van der Waals surface area contributed by atoms with Gasteiger partial charge in [0, 0.05) is 0 Å². The maximum Gasteiger partial charge on any atom is 0.195 e. The molecule has 0 aliphatic rings. The summed E-state index contributed by atoms with van der Waals surface area (Å²) in [6, 6.07) is 2.01. The lowest BCUT2D eigenvalue weighted by atomic mass is 10.3. The highest BCUT2D eigenvalue weighted by Gasteiger charge is 2.03. The van der Waals surface area contributed by atoms with Crippen LogP contribution in [-0.4, -0.2) is 4.98 Å². The van der Waals surface area contributed by atoms with Crippen molar-refractivity contribution in [2.75, 3.05) is 0 Å². The maximum absolute atomic E-state index is 8.58. The zero-order valence-electron chi connectivity index (χ0n) is 6.74. The van der Waals surface area contributed by atoms with E-state index in [0.717, 1.165) is 10.6 Å². The number of rotatable bonds is 2. The SMILES string of the molecule is C=Cc1nc(C#N)sc1C=CC. The molecule has 0 aliphatic heterocycles. The van der Waals surface area contributed by atoms with E-state index in [1.807, 2.05) is 25.1 Å². The molecule has 0 amide bonds. The van der Waals surface area contributed by atoms with Crippen LogP contribution < -0.4 is 0 Å². The van der Waals surface area contributed by atoms with Crippen molar-refractivity contribution in [3.8, 4) is 6.07 Å². The average Bonchev–Trinajstić information content (AvgIpc) is 2.48. The highest BCUT2D eigenvalue weighted by molar-refractivity contribution is 7.13. The number of nitrogens with zero attached hydrogens (tertiary/aromatic N) is 2. The molecule has 0 aromatic carbocycles. The summed E-state index contributed by atoms with van der Waals surface area (Å²) in [6.45, 7) is 5.55. The zero-order valence-corrected chi connectivity index (χ0v) is 7.56. The van der Waals surface area contributed by atoms with Gasteiger partial charge in [-0.05, 0) is 19.1 Å². The number of thiazole rings is 1. The van der Waals surface area contributed by atoms with E-state index in [1.54, 1.807) is 6.08 Å². The molecule has 0 spiro atoms. The summed E-state index contributed by atoms with van der Waals surface area (Å²) in [5.41, 5.74) is 0.787. The smallest absolute Gasteiger partial charge is 0.195 e. The molecule has 0 bridgehead atoms. The second-order valence-corrected chi connectivity index (χ2v) is 3.12. The normalized spacial score (nSPS) is 10.0. The summed E-state index contributed by atoms with van der Waals surface area (Å²) in [7, 11) is 0. The summed E-state index contributed by atoms with van der Waals surface area (Å²) in [5.74, 6) is 0. The molecule has 0 fully saturated rings. The fraction of sp³-hybridized carbons (Fsp3) is 0.111. The molecule has 2 nitrogen and oxygen atoms in total. The number of aromatic nitrogens is 1. The van der Waals surface area contributed by atoms with Crippen LogP contribution in [0.15, 0.2) is 12.7 Å². The molecule has 0 aliphatic carbocycles. The molecule has 12 heavy (non-hydrogen) atoms. The zero-order chi connectivity index (χ0) is 8.97. The van der Waals surface area contributed by atoms with Crippen molar-refractivity contribution < 1.29 is 0 Å². The van der Waals surface area contributed by atoms with E-state index in [0.29, 0.717) is 5.01 Å². The molecule has 0 saturated carbocycles. The molecule has 1 aromatic heterocycles. The van der Waals surface area contributed by atoms with Crippen LogP contribution in [0.4, 0.5) is 0 Å². The van der Waals surface area contributed by atoms with E-state index in [9.17, 15) is 0 Å². The molecule has 0 N–H and O–H groups in total. The number of allylic oxidation sites excluding steroid dienone is 1. The van der Waals surface area contributed by atoms with Gasteiger partial charge in [0.1, 0.15) is 6.07 Å². The Bertz CT molecular complexity index is 355. The first kappa shape index (κ1) is 8.69. The molecule has 0 radical (unpaired) electrons. The Morgan fingerprint density at radius 3 is 2.92 bits per heavy atom. The minimum atomic E-state index is 0.484. The first-order valence-corrected chi connectivity index (χ1v) is 4.29. The van der Waals surface area contributed by atoms with Gasteiger partial charge in [0.2, 0.25) is 0 Å². The van der Waals surface area contributed by atoms with Crippen LogP contribution in [-0.2, 0) is 0 Å². The lowest BCUT2D eigenvalue weighted by Crippen LogP contribution is -1.74. The minimum absolute atomic E-state index is 0.484. The first-order valence-electron chi connectivity index (χ1n) is 3.48. The Labute approximate surface area is 75.5 Å². The molecular formula is C9H8N2S. The van der Waals surface area contributed by atoms with Gasteiger partial charge in [-0.15, -0.1) is 11.3 Å². The molecule has 60 valence electrons. The van der Waals surface area contributed by atoms with Crippen LogP contribution in [0.3, 0.4) is 0 Å². The van der Waals surface area contributed by atoms with Gasteiger partial charge in [-0.2, -0.15) is 5.26 Å². The number of nitriles is 1. The van der Waals surface area contributed by atoms with E-state index in [4.69, 9.17) is 5.26 Å². The van der Waals surface area contributed by atoms with E-state index >= 15 is 0 Å². The monoisotopic (exact) mass is 176 g/mol. The van der Waals surface area contributed by atoms with E-state index in [2.05, 4.69) is 11.6 Å². The van der Waals surface area contributed by atoms with Crippen molar-refractivity contribution in [1.29, 1.82) is 5.26 Å². The van der Waals surface area contributed by atoms with Crippen LogP contribution in [0.2, 0.25) is 0 Å². The maximum atomic E-state index is 8.58. The van der Waals surface area contributed by atoms with E-state index in [1.165, 1.54) is 11.3 Å². The van der Waals surface area contributed by atoms with Crippen molar-refractivity contribution >= 4 is 23.5 Å². The van der Waals surface area contributed by atoms with Gasteiger partial charge < -0.3 is 0 Å². The summed E-state index contributed by atoms with van der Waals surface area (Å²) in [5, 5.41) is 9.06. The molecule has 1 rings (SSSR count). The Hall–Kier alpha value is -1.40. The average molecular weight is 176 g/mol. The van der Waals surface area contributed by atoms with Crippen LogP contribution in [0, 0.1) is 11.3 Å². The fourth-order valence-corrected chi connectivity index (χ4v) is 1.64. The second-order valence-electron chi connectivity index (χ2n) is 2.08. The van der Waals surface area contributed by atoms with Crippen molar-refractivity contribution in [2.24, 2.45) is 0 Å². The van der Waals surface area contributed by atoms with Gasteiger partial charge in [-0.25, -0.2) is 4.98 Å². The summed E-state index contributed by atoms with van der Waals surface area (Å²) >= 11 is 1.38. The van der Waals surface area contributed by atoms with Gasteiger partial charge in [0.15, 0.2) is 5.01 Å². The Kier molecular flexibility index (Phi) is 2.78. The van der Waals surface area contributed by atoms with Gasteiger partial charge in [-0.1, -0.05) is 12.7 Å². The molecule has 3 heteroatoms. The standard InChI is InChI=1S/C9H8N2S/c1-3-5-8-7(4-2)11-9(6-10)12-8/h3-5H,2H2,1H3. The lowest BCUT2D eigenvalue weighted by molar-refractivity contribution is 1.32. The topological polar surface area (TPSA) is 36.7 Å². The van der Waals surface area contributed by atoms with E-state index < -0.39 is 0 Å². The van der Waals surface area contributed by atoms with Gasteiger partial charge in [0.05, 0.1) is 10.6 Å². The Morgan fingerprint density at radius 1 is 1.67 bits per heavy atom. The van der Waals surface area contributed by atoms with Crippen molar-refractivity contribution in [3.05, 3.63) is 28.2 Å². The van der Waals surface area contributed by atoms with Gasteiger partial charge >= 0.3 is 0 Å². The lowest BCUT2D eigenvalue weighted by Gasteiger charge is -1.84. The summed E-state index contributed by atoms with van der Waals surface area (Å²) < 4.78 is 0. The van der Waals surface area contributed by atoms with Crippen LogP contribution in [0.5, 0.6) is 0 Å². The highest BCUT2D eigenvalue weighted by atomic mass is 32.1. The summed E-state index contributed by atoms with van der Waals surface area (Å²) in [4.78, 5) is 5.04. The number of hydrogen-bond acceptors (Lipinski definition) is 3. The molecular weight excluding hydrogens is 168 g/mol.